The zero-order valence-corrected chi connectivity index (χ0v) is 25.5. The van der Waals surface area contributed by atoms with Crippen LogP contribution in [0.4, 0.5) is 16.0 Å². The molecule has 5 rings (SSSR count). The summed E-state index contributed by atoms with van der Waals surface area (Å²) in [6.07, 6.45) is 2.50. The Kier molecular flexibility index (Phi) is 8.03. The largest absolute Gasteiger partial charge is 0.455 e. The zero-order valence-electron chi connectivity index (χ0n) is 22.3. The van der Waals surface area contributed by atoms with Gasteiger partial charge in [0.1, 0.15) is 28.0 Å². The van der Waals surface area contributed by atoms with E-state index in [1.807, 2.05) is 4.68 Å². The maximum absolute atomic E-state index is 15.6. The average Bonchev–Trinajstić information content (AvgIpc) is 3.56. The van der Waals surface area contributed by atoms with Crippen LogP contribution in [0, 0.1) is 11.2 Å². The van der Waals surface area contributed by atoms with Crippen molar-refractivity contribution in [1.29, 1.82) is 0 Å². The van der Waals surface area contributed by atoms with E-state index in [1.165, 1.54) is 10.9 Å². The molecule has 0 radical (unpaired) electrons. The van der Waals surface area contributed by atoms with Gasteiger partial charge in [-0.3, -0.25) is 4.79 Å². The normalized spacial score (nSPS) is 13.4. The number of fused-ring (bicyclic) bond motifs is 1. The van der Waals surface area contributed by atoms with Crippen LogP contribution < -0.4 is 14.4 Å². The van der Waals surface area contributed by atoms with E-state index in [0.717, 1.165) is 54.4 Å². The number of aryl methyl sites for hydroxylation is 1. The molecule has 1 aliphatic heterocycles. The highest BCUT2D eigenvalue weighted by molar-refractivity contribution is 7.93. The van der Waals surface area contributed by atoms with E-state index in [9.17, 15) is 13.2 Å². The standard InChI is InChI=1S/C27H26Cl2FN5O4S2/c1-27(2,3)12-25(36)35(24-14-40-15-32-24)41(37,38)23-10-19(29)22(11-20(23)30)39-21-6-5-16(28)9-17(21)18-13-33-34-8-4-7-31-26(18)34/h5-6,9-11,13-15,31H,4,7-8,12H2,1-3H3. The summed E-state index contributed by atoms with van der Waals surface area (Å²) in [5, 5.41) is 9.42. The van der Waals surface area contributed by atoms with Gasteiger partial charge in [-0.25, -0.2) is 22.5 Å². The molecule has 1 N–H and O–H groups in total. The van der Waals surface area contributed by atoms with Crippen molar-refractivity contribution in [3.63, 3.8) is 0 Å². The molecule has 4 aromatic rings. The number of anilines is 2. The highest BCUT2D eigenvalue weighted by Gasteiger charge is 2.37. The van der Waals surface area contributed by atoms with E-state index in [0.29, 0.717) is 20.6 Å². The SMILES string of the molecule is CC(C)(C)CC(=O)N(c1cscn1)S(=O)(=O)c1cc(Cl)c(Oc2ccc(Cl)cc2-c2cnn3c2NCCC3)cc1F. The summed E-state index contributed by atoms with van der Waals surface area (Å²) in [4.78, 5) is 16.4. The number of carbonyl (C=O) groups is 1. The molecule has 0 bridgehead atoms. The predicted octanol–water partition coefficient (Wildman–Crippen LogP) is 7.22. The third kappa shape index (κ3) is 6.06. The van der Waals surface area contributed by atoms with Crippen LogP contribution in [0.15, 0.2) is 52.3 Å². The molecule has 0 spiro atoms. The Morgan fingerprint density at radius 2 is 1.98 bits per heavy atom. The molecule has 0 fully saturated rings. The summed E-state index contributed by atoms with van der Waals surface area (Å²) >= 11 is 13.9. The van der Waals surface area contributed by atoms with Gasteiger partial charge in [0.15, 0.2) is 5.82 Å². The lowest BCUT2D eigenvalue weighted by atomic mass is 9.92. The van der Waals surface area contributed by atoms with Gasteiger partial charge in [-0.1, -0.05) is 44.0 Å². The number of ether oxygens (including phenoxy) is 1. The van der Waals surface area contributed by atoms with Crippen molar-refractivity contribution >= 4 is 62.1 Å². The van der Waals surface area contributed by atoms with Gasteiger partial charge in [-0.2, -0.15) is 9.40 Å². The number of halogens is 3. The fourth-order valence-corrected chi connectivity index (χ4v) is 6.87. The minimum atomic E-state index is -4.72. The Balaban J connectivity index is 1.52. The highest BCUT2D eigenvalue weighted by atomic mass is 35.5. The smallest absolute Gasteiger partial charge is 0.275 e. The van der Waals surface area contributed by atoms with E-state index >= 15 is 4.39 Å². The fourth-order valence-electron chi connectivity index (χ4n) is 4.40. The first-order valence-corrected chi connectivity index (χ1v) is 15.7. The first-order chi connectivity index (χ1) is 19.3. The van der Waals surface area contributed by atoms with Crippen LogP contribution in [0.1, 0.15) is 33.6 Å². The quantitative estimate of drug-likeness (QED) is 0.228. The molecule has 2 aromatic carbocycles. The van der Waals surface area contributed by atoms with Crippen LogP contribution in [0.3, 0.4) is 0 Å². The molecule has 1 amide bonds. The molecule has 0 unspecified atom stereocenters. The van der Waals surface area contributed by atoms with Crippen molar-refractivity contribution in [3.05, 3.63) is 63.3 Å². The van der Waals surface area contributed by atoms with Gasteiger partial charge in [0, 0.05) is 47.1 Å². The Hall–Kier alpha value is -3.19. The number of rotatable bonds is 7. The molecule has 1 aliphatic rings. The topological polar surface area (TPSA) is 106 Å². The van der Waals surface area contributed by atoms with Crippen molar-refractivity contribution in [1.82, 2.24) is 14.8 Å². The number of benzene rings is 2. The van der Waals surface area contributed by atoms with Crippen molar-refractivity contribution in [2.24, 2.45) is 5.41 Å². The molecular formula is C27H26Cl2FN5O4S2. The van der Waals surface area contributed by atoms with Crippen molar-refractivity contribution in [2.75, 3.05) is 16.2 Å². The first-order valence-electron chi connectivity index (χ1n) is 12.6. The Labute approximate surface area is 250 Å². The number of hydrogen-bond acceptors (Lipinski definition) is 8. The summed E-state index contributed by atoms with van der Waals surface area (Å²) in [5.41, 5.74) is 2.17. The second kappa shape index (κ2) is 11.2. The van der Waals surface area contributed by atoms with Gasteiger partial charge >= 0.3 is 0 Å². The molecule has 216 valence electrons. The molecule has 14 heteroatoms. The second-order valence-electron chi connectivity index (χ2n) is 10.6. The van der Waals surface area contributed by atoms with Gasteiger partial charge in [0.2, 0.25) is 5.91 Å². The number of thiazole rings is 1. The molecule has 0 saturated heterocycles. The van der Waals surface area contributed by atoms with Gasteiger partial charge < -0.3 is 10.1 Å². The van der Waals surface area contributed by atoms with Crippen LogP contribution in [-0.4, -0.2) is 35.6 Å². The zero-order chi connectivity index (χ0) is 29.5. The Morgan fingerprint density at radius 1 is 1.20 bits per heavy atom. The van der Waals surface area contributed by atoms with E-state index in [-0.39, 0.29) is 23.0 Å². The maximum atomic E-state index is 15.6. The number of aromatic nitrogens is 3. The van der Waals surface area contributed by atoms with Gasteiger partial charge in [-0.15, -0.1) is 11.3 Å². The first kappa shape index (κ1) is 29.3. The summed E-state index contributed by atoms with van der Waals surface area (Å²) in [5.74, 6) is -1.04. The predicted molar refractivity (Wildman–Crippen MR) is 158 cm³/mol. The number of amides is 1. The maximum Gasteiger partial charge on any atom is 0.275 e. The molecule has 2 aromatic heterocycles. The van der Waals surface area contributed by atoms with Crippen LogP contribution >= 0.6 is 34.5 Å². The lowest BCUT2D eigenvalue weighted by molar-refractivity contribution is -0.119. The van der Waals surface area contributed by atoms with Gasteiger partial charge in [0.05, 0.1) is 16.7 Å². The lowest BCUT2D eigenvalue weighted by Crippen LogP contribution is -2.39. The molecule has 0 atom stereocenters. The highest BCUT2D eigenvalue weighted by Crippen LogP contribution is 2.42. The van der Waals surface area contributed by atoms with Crippen LogP contribution in [0.2, 0.25) is 10.0 Å². The molecule has 9 nitrogen and oxygen atoms in total. The minimum absolute atomic E-state index is 0.118. The number of carbonyl (C=O) groups excluding carboxylic acids is 1. The molecule has 0 aliphatic carbocycles. The summed E-state index contributed by atoms with van der Waals surface area (Å²) < 4.78 is 51.3. The monoisotopic (exact) mass is 637 g/mol. The molecular weight excluding hydrogens is 612 g/mol. The van der Waals surface area contributed by atoms with E-state index in [2.05, 4.69) is 15.4 Å². The lowest BCUT2D eigenvalue weighted by Gasteiger charge is -2.25. The van der Waals surface area contributed by atoms with Crippen LogP contribution in [-0.2, 0) is 21.4 Å². The van der Waals surface area contributed by atoms with Crippen LogP contribution in [0.5, 0.6) is 11.5 Å². The number of sulfonamides is 1. The van der Waals surface area contributed by atoms with Crippen molar-refractivity contribution in [3.8, 4) is 22.6 Å². The Bertz CT molecular complexity index is 1720. The Morgan fingerprint density at radius 3 is 2.68 bits per heavy atom. The van der Waals surface area contributed by atoms with E-state index in [4.69, 9.17) is 27.9 Å². The fraction of sp³-hybridized carbons (Fsp3) is 0.296. The van der Waals surface area contributed by atoms with Gasteiger partial charge in [0.25, 0.3) is 10.0 Å². The number of nitrogens with one attached hydrogen (secondary N) is 1. The summed E-state index contributed by atoms with van der Waals surface area (Å²) in [6.45, 7) is 6.91. The third-order valence-electron chi connectivity index (χ3n) is 6.17. The van der Waals surface area contributed by atoms with Gasteiger partial charge in [-0.05, 0) is 36.1 Å². The minimum Gasteiger partial charge on any atom is -0.455 e. The summed E-state index contributed by atoms with van der Waals surface area (Å²) in [6, 6.07) is 6.73. The molecule has 0 saturated carbocycles. The number of hydrogen-bond donors (Lipinski definition) is 1. The summed E-state index contributed by atoms with van der Waals surface area (Å²) in [7, 11) is -4.72. The average molecular weight is 639 g/mol. The van der Waals surface area contributed by atoms with Crippen molar-refractivity contribution in [2.45, 2.75) is 45.1 Å². The van der Waals surface area contributed by atoms with E-state index in [1.54, 1.807) is 45.2 Å². The molecule has 41 heavy (non-hydrogen) atoms. The second-order valence-corrected chi connectivity index (χ2v) is 13.9. The molecule has 3 heterocycles. The van der Waals surface area contributed by atoms with Crippen molar-refractivity contribution < 1.29 is 22.3 Å². The van der Waals surface area contributed by atoms with Crippen LogP contribution in [0.25, 0.3) is 11.1 Å². The number of nitrogens with zero attached hydrogens (tertiary/aromatic N) is 4. The van der Waals surface area contributed by atoms with E-state index < -0.39 is 32.1 Å². The third-order valence-corrected chi connectivity index (χ3v) is 9.01.